The summed E-state index contributed by atoms with van der Waals surface area (Å²) < 4.78 is 0. The maximum Gasteiger partial charge on any atom is 0.254 e. The lowest BCUT2D eigenvalue weighted by Crippen LogP contribution is -2.43. The number of likely N-dealkylation sites (tertiary alicyclic amines) is 1. The number of nitrogens with zero attached hydrogens (tertiary/aromatic N) is 1. The first-order chi connectivity index (χ1) is 8.52. The molecule has 2 amide bonds. The number of primary amides is 1. The number of halogens is 1. The van der Waals surface area contributed by atoms with E-state index >= 15 is 0 Å². The van der Waals surface area contributed by atoms with Crippen molar-refractivity contribution in [2.45, 2.75) is 25.8 Å². The molecule has 1 fully saturated rings. The number of benzene rings is 1. The Hall–Kier alpha value is -1.55. The van der Waals surface area contributed by atoms with Gasteiger partial charge in [-0.2, -0.15) is 0 Å². The second-order valence-electron chi connectivity index (χ2n) is 4.47. The third kappa shape index (κ3) is 2.20. The molecule has 1 atom stereocenters. The molecule has 1 aromatic rings. The van der Waals surface area contributed by atoms with Crippen molar-refractivity contribution in [3.05, 3.63) is 34.3 Å². The van der Waals surface area contributed by atoms with Gasteiger partial charge in [0.2, 0.25) is 5.91 Å². The fourth-order valence-electron chi connectivity index (χ4n) is 2.30. The van der Waals surface area contributed by atoms with Crippen LogP contribution in [0.5, 0.6) is 0 Å². The van der Waals surface area contributed by atoms with Crippen molar-refractivity contribution in [2.75, 3.05) is 6.54 Å². The van der Waals surface area contributed by atoms with Gasteiger partial charge in [-0.25, -0.2) is 0 Å². The summed E-state index contributed by atoms with van der Waals surface area (Å²) in [7, 11) is 0. The molecule has 2 N–H and O–H groups in total. The summed E-state index contributed by atoms with van der Waals surface area (Å²) in [5, 5.41) is 0.552. The van der Waals surface area contributed by atoms with Crippen molar-refractivity contribution in [3.63, 3.8) is 0 Å². The van der Waals surface area contributed by atoms with E-state index in [1.54, 1.807) is 30.0 Å². The Balaban J connectivity index is 2.31. The molecule has 0 spiro atoms. The second kappa shape index (κ2) is 4.98. The molecule has 1 heterocycles. The summed E-state index contributed by atoms with van der Waals surface area (Å²) in [4.78, 5) is 25.2. The van der Waals surface area contributed by atoms with Gasteiger partial charge in [0.05, 0.1) is 0 Å². The Morgan fingerprint density at radius 3 is 2.83 bits per heavy atom. The lowest BCUT2D eigenvalue weighted by Gasteiger charge is -2.23. The van der Waals surface area contributed by atoms with Crippen molar-refractivity contribution in [1.82, 2.24) is 4.90 Å². The minimum atomic E-state index is -0.490. The van der Waals surface area contributed by atoms with Gasteiger partial charge in [-0.1, -0.05) is 17.7 Å². The normalized spacial score (nSPS) is 19.0. The Kier molecular flexibility index (Phi) is 3.57. The maximum atomic E-state index is 12.4. The standard InChI is InChI=1S/C13H15ClN2O2/c1-8-9(4-2-5-10(8)14)13(18)16-7-3-6-11(16)12(15)17/h2,4-5,11H,3,6-7H2,1H3,(H2,15,17). The Morgan fingerprint density at radius 1 is 1.44 bits per heavy atom. The van der Waals surface area contributed by atoms with Crippen LogP contribution in [0.3, 0.4) is 0 Å². The average molecular weight is 267 g/mol. The zero-order valence-corrected chi connectivity index (χ0v) is 10.9. The summed E-state index contributed by atoms with van der Waals surface area (Å²) in [6.07, 6.45) is 1.44. The van der Waals surface area contributed by atoms with E-state index in [1.165, 1.54) is 0 Å². The maximum absolute atomic E-state index is 12.4. The van der Waals surface area contributed by atoms with E-state index in [2.05, 4.69) is 0 Å². The lowest BCUT2D eigenvalue weighted by atomic mass is 10.1. The van der Waals surface area contributed by atoms with Crippen LogP contribution < -0.4 is 5.73 Å². The molecule has 2 rings (SSSR count). The van der Waals surface area contributed by atoms with Gasteiger partial charge in [-0.05, 0) is 37.5 Å². The van der Waals surface area contributed by atoms with Gasteiger partial charge in [-0.3, -0.25) is 9.59 Å². The molecule has 0 aliphatic carbocycles. The molecule has 0 saturated carbocycles. The third-order valence-electron chi connectivity index (χ3n) is 3.34. The van der Waals surface area contributed by atoms with Gasteiger partial charge in [0.15, 0.2) is 0 Å². The van der Waals surface area contributed by atoms with E-state index in [4.69, 9.17) is 17.3 Å². The zero-order valence-electron chi connectivity index (χ0n) is 10.1. The van der Waals surface area contributed by atoms with Crippen LogP contribution in [0.4, 0.5) is 0 Å². The monoisotopic (exact) mass is 266 g/mol. The van der Waals surface area contributed by atoms with Gasteiger partial charge in [0.1, 0.15) is 6.04 Å². The van der Waals surface area contributed by atoms with Crippen LogP contribution in [0, 0.1) is 6.92 Å². The van der Waals surface area contributed by atoms with E-state index in [9.17, 15) is 9.59 Å². The molecule has 18 heavy (non-hydrogen) atoms. The minimum absolute atomic E-state index is 0.170. The van der Waals surface area contributed by atoms with Gasteiger partial charge in [0, 0.05) is 17.1 Å². The molecule has 96 valence electrons. The number of carbonyl (C=O) groups excluding carboxylic acids is 2. The van der Waals surface area contributed by atoms with Gasteiger partial charge in [0.25, 0.3) is 5.91 Å². The van der Waals surface area contributed by atoms with Crippen molar-refractivity contribution >= 4 is 23.4 Å². The van der Waals surface area contributed by atoms with Gasteiger partial charge in [-0.15, -0.1) is 0 Å². The lowest BCUT2D eigenvalue weighted by molar-refractivity contribution is -0.121. The minimum Gasteiger partial charge on any atom is -0.368 e. The molecule has 1 aliphatic heterocycles. The first-order valence-corrected chi connectivity index (χ1v) is 6.25. The first-order valence-electron chi connectivity index (χ1n) is 5.87. The number of rotatable bonds is 2. The highest BCUT2D eigenvalue weighted by Crippen LogP contribution is 2.24. The van der Waals surface area contributed by atoms with E-state index in [0.717, 1.165) is 12.0 Å². The Morgan fingerprint density at radius 2 is 2.17 bits per heavy atom. The third-order valence-corrected chi connectivity index (χ3v) is 3.75. The number of hydrogen-bond donors (Lipinski definition) is 1. The molecule has 0 radical (unpaired) electrons. The fraction of sp³-hybridized carbons (Fsp3) is 0.385. The number of amides is 2. The SMILES string of the molecule is Cc1c(Cl)cccc1C(=O)N1CCCC1C(N)=O. The van der Waals surface area contributed by atoms with Crippen LogP contribution in [0.25, 0.3) is 0 Å². The summed E-state index contributed by atoms with van der Waals surface area (Å²) >= 11 is 6.00. The molecule has 1 unspecified atom stereocenters. The van der Waals surface area contributed by atoms with Crippen LogP contribution in [0.1, 0.15) is 28.8 Å². The quantitative estimate of drug-likeness (QED) is 0.886. The van der Waals surface area contributed by atoms with Gasteiger partial charge < -0.3 is 10.6 Å². The number of carbonyl (C=O) groups is 2. The highest BCUT2D eigenvalue weighted by molar-refractivity contribution is 6.31. The smallest absolute Gasteiger partial charge is 0.254 e. The van der Waals surface area contributed by atoms with Crippen molar-refractivity contribution < 1.29 is 9.59 Å². The zero-order chi connectivity index (χ0) is 13.3. The van der Waals surface area contributed by atoms with Crippen LogP contribution in [0.2, 0.25) is 5.02 Å². The highest BCUT2D eigenvalue weighted by Gasteiger charge is 2.33. The summed E-state index contributed by atoms with van der Waals surface area (Å²) in [5.74, 6) is -0.614. The topological polar surface area (TPSA) is 63.4 Å². The summed E-state index contributed by atoms with van der Waals surface area (Å²) in [6, 6.07) is 4.71. The van der Waals surface area contributed by atoms with Crippen LogP contribution in [-0.2, 0) is 4.79 Å². The van der Waals surface area contributed by atoms with Crippen molar-refractivity contribution in [2.24, 2.45) is 5.73 Å². The molecule has 1 aliphatic rings. The van der Waals surface area contributed by atoms with E-state index in [0.29, 0.717) is 23.6 Å². The average Bonchev–Trinajstić information content (AvgIpc) is 2.81. The van der Waals surface area contributed by atoms with Gasteiger partial charge >= 0.3 is 0 Å². The van der Waals surface area contributed by atoms with Crippen LogP contribution in [0.15, 0.2) is 18.2 Å². The Labute approximate surface area is 111 Å². The second-order valence-corrected chi connectivity index (χ2v) is 4.88. The molecule has 0 aromatic heterocycles. The molecular formula is C13H15ClN2O2. The summed E-state index contributed by atoms with van der Waals surface area (Å²) in [5.41, 5.74) is 6.59. The number of hydrogen-bond acceptors (Lipinski definition) is 2. The van der Waals surface area contributed by atoms with Crippen molar-refractivity contribution in [1.29, 1.82) is 0 Å². The molecule has 1 aromatic carbocycles. The number of nitrogens with two attached hydrogens (primary N) is 1. The molecule has 5 heteroatoms. The van der Waals surface area contributed by atoms with Crippen LogP contribution in [-0.4, -0.2) is 29.3 Å². The molecule has 1 saturated heterocycles. The summed E-state index contributed by atoms with van der Waals surface area (Å²) in [6.45, 7) is 2.36. The van der Waals surface area contributed by atoms with E-state index < -0.39 is 11.9 Å². The first kappa shape index (κ1) is 12.9. The Bertz CT molecular complexity index is 502. The molecule has 4 nitrogen and oxygen atoms in total. The predicted octanol–water partition coefficient (Wildman–Crippen LogP) is 1.74. The largest absolute Gasteiger partial charge is 0.368 e. The molecular weight excluding hydrogens is 252 g/mol. The highest BCUT2D eigenvalue weighted by atomic mass is 35.5. The molecule has 0 bridgehead atoms. The van der Waals surface area contributed by atoms with Crippen LogP contribution >= 0.6 is 11.6 Å². The predicted molar refractivity (Wildman–Crippen MR) is 69.4 cm³/mol. The van der Waals surface area contributed by atoms with E-state index in [1.807, 2.05) is 0 Å². The fourth-order valence-corrected chi connectivity index (χ4v) is 2.47. The van der Waals surface area contributed by atoms with Crippen molar-refractivity contribution in [3.8, 4) is 0 Å². The van der Waals surface area contributed by atoms with E-state index in [-0.39, 0.29) is 5.91 Å².